The lowest BCUT2D eigenvalue weighted by Gasteiger charge is -2.18. The topological polar surface area (TPSA) is 81.4 Å². The van der Waals surface area contributed by atoms with E-state index in [1.807, 2.05) is 0 Å². The fraction of sp³-hybridized carbons (Fsp3) is 0.333. The molecule has 7 nitrogen and oxygen atoms in total. The third-order valence-corrected chi connectivity index (χ3v) is 3.92. The largest absolute Gasteiger partial charge is 0.493 e. The number of halogens is 3. The molecule has 0 unspecified atom stereocenters. The fourth-order valence-corrected chi connectivity index (χ4v) is 2.68. The second-order valence-electron chi connectivity index (χ2n) is 5.19. The number of nitrogens with zero attached hydrogens (tertiary/aromatic N) is 4. The number of rotatable bonds is 8. The molecule has 1 aromatic heterocycles. The van der Waals surface area contributed by atoms with E-state index in [1.165, 1.54) is 12.1 Å². The van der Waals surface area contributed by atoms with E-state index in [2.05, 4.69) is 25.9 Å². The Labute approximate surface area is 157 Å². The first-order valence-corrected chi connectivity index (χ1v) is 8.51. The average Bonchev–Trinajstić information content (AvgIpc) is 2.56. The van der Waals surface area contributed by atoms with Gasteiger partial charge in [-0.15, -0.1) is 0 Å². The van der Waals surface area contributed by atoms with Crippen molar-refractivity contribution in [3.63, 3.8) is 0 Å². The van der Waals surface area contributed by atoms with Gasteiger partial charge in [0, 0.05) is 24.1 Å². The minimum absolute atomic E-state index is 0.0113. The number of aromatic nitrogens is 2. The molecule has 0 aliphatic heterocycles. The number of nitro groups is 1. The number of nitro benzene ring substituents is 1. The van der Waals surface area contributed by atoms with Gasteiger partial charge in [-0.05, 0) is 30.5 Å². The van der Waals surface area contributed by atoms with Gasteiger partial charge in [-0.1, -0.05) is 15.9 Å². The number of hydrogen-bond donors (Lipinski definition) is 0. The van der Waals surface area contributed by atoms with Crippen molar-refractivity contribution in [1.82, 2.24) is 9.97 Å². The van der Waals surface area contributed by atoms with Crippen LogP contribution in [0, 0.1) is 15.9 Å². The summed E-state index contributed by atoms with van der Waals surface area (Å²) in [5.41, 5.74) is -0.0415. The van der Waals surface area contributed by atoms with E-state index >= 15 is 0 Å². The molecule has 134 valence electrons. The summed E-state index contributed by atoms with van der Waals surface area (Å²) < 4.78 is 19.8. The summed E-state index contributed by atoms with van der Waals surface area (Å²) in [6.07, 6.45) is 2.43. The summed E-state index contributed by atoms with van der Waals surface area (Å²) in [6, 6.07) is 4.44. The van der Waals surface area contributed by atoms with E-state index in [0.29, 0.717) is 36.2 Å². The highest BCUT2D eigenvalue weighted by Gasteiger charge is 2.11. The van der Waals surface area contributed by atoms with Gasteiger partial charge in [-0.3, -0.25) is 10.1 Å². The molecule has 0 saturated heterocycles. The Morgan fingerprint density at radius 2 is 2.16 bits per heavy atom. The van der Waals surface area contributed by atoms with E-state index in [0.717, 1.165) is 6.20 Å². The van der Waals surface area contributed by atoms with E-state index in [9.17, 15) is 14.5 Å². The highest BCUT2D eigenvalue weighted by Crippen LogP contribution is 2.26. The minimum Gasteiger partial charge on any atom is -0.493 e. The Hall–Kier alpha value is -2.00. The molecule has 0 amide bonds. The van der Waals surface area contributed by atoms with Crippen molar-refractivity contribution in [3.8, 4) is 5.75 Å². The van der Waals surface area contributed by atoms with Crippen molar-refractivity contribution in [1.29, 1.82) is 0 Å². The van der Waals surface area contributed by atoms with Crippen LogP contribution in [0.25, 0.3) is 0 Å². The second-order valence-corrected chi connectivity index (χ2v) is 6.44. The van der Waals surface area contributed by atoms with Crippen LogP contribution in [-0.4, -0.2) is 35.1 Å². The van der Waals surface area contributed by atoms with Crippen molar-refractivity contribution in [3.05, 3.63) is 50.1 Å². The van der Waals surface area contributed by atoms with Gasteiger partial charge in [0.1, 0.15) is 5.75 Å². The third-order valence-electron chi connectivity index (χ3n) is 3.28. The zero-order valence-corrected chi connectivity index (χ0v) is 15.6. The minimum atomic E-state index is -0.537. The lowest BCUT2D eigenvalue weighted by Crippen LogP contribution is -2.21. The first kappa shape index (κ1) is 19.3. The van der Waals surface area contributed by atoms with Crippen molar-refractivity contribution in [2.75, 3.05) is 25.1 Å². The van der Waals surface area contributed by atoms with Gasteiger partial charge in [-0.25, -0.2) is 9.37 Å². The number of benzene rings is 1. The van der Waals surface area contributed by atoms with Crippen LogP contribution in [0.4, 0.5) is 15.9 Å². The molecular weight excluding hydrogens is 419 g/mol. The van der Waals surface area contributed by atoms with Gasteiger partial charge >= 0.3 is 0 Å². The van der Waals surface area contributed by atoms with Gasteiger partial charge in [-0.2, -0.15) is 4.98 Å². The highest BCUT2D eigenvalue weighted by molar-refractivity contribution is 9.10. The highest BCUT2D eigenvalue weighted by atomic mass is 79.9. The predicted octanol–water partition coefficient (Wildman–Crippen LogP) is 4.24. The molecule has 1 aromatic carbocycles. The van der Waals surface area contributed by atoms with Gasteiger partial charge in [0.15, 0.2) is 11.6 Å². The molecule has 0 spiro atoms. The summed E-state index contributed by atoms with van der Waals surface area (Å²) in [5, 5.41) is 10.8. The van der Waals surface area contributed by atoms with Crippen LogP contribution in [0.15, 0.2) is 28.9 Å². The van der Waals surface area contributed by atoms with Crippen LogP contribution < -0.4 is 9.64 Å². The summed E-state index contributed by atoms with van der Waals surface area (Å²) in [5.74, 6) is 0.0242. The van der Waals surface area contributed by atoms with Crippen LogP contribution in [0.2, 0.25) is 5.28 Å². The van der Waals surface area contributed by atoms with E-state index in [1.54, 1.807) is 18.0 Å². The standard InChI is InChI=1S/C15H15BrClFN4O3/c1-21(14-13(18)9-19-15(17)20-14)4-2-3-5-25-12-7-10(16)6-11(8-12)22(23)24/h6-9H,2-5H2,1H3. The monoisotopic (exact) mass is 432 g/mol. The number of non-ortho nitro benzene ring substituents is 1. The zero-order chi connectivity index (χ0) is 18.4. The molecule has 2 aromatic rings. The third kappa shape index (κ3) is 5.79. The first-order chi connectivity index (χ1) is 11.9. The quantitative estimate of drug-likeness (QED) is 0.268. The second kappa shape index (κ2) is 8.91. The molecular formula is C15H15BrClFN4O3. The molecule has 0 fully saturated rings. The lowest BCUT2D eigenvalue weighted by molar-refractivity contribution is -0.385. The number of anilines is 1. The Bertz CT molecular complexity index is 766. The Kier molecular flexibility index (Phi) is 6.89. The van der Waals surface area contributed by atoms with Gasteiger partial charge in [0.25, 0.3) is 5.69 Å². The van der Waals surface area contributed by atoms with E-state index in [-0.39, 0.29) is 16.8 Å². The molecule has 10 heteroatoms. The Balaban J connectivity index is 1.80. The van der Waals surface area contributed by atoms with Gasteiger partial charge < -0.3 is 9.64 Å². The fourth-order valence-electron chi connectivity index (χ4n) is 2.09. The smallest absolute Gasteiger partial charge is 0.274 e. The molecule has 2 rings (SSSR count). The molecule has 1 heterocycles. The van der Waals surface area contributed by atoms with Crippen LogP contribution in [0.1, 0.15) is 12.8 Å². The van der Waals surface area contributed by atoms with Crippen LogP contribution >= 0.6 is 27.5 Å². The predicted molar refractivity (Wildman–Crippen MR) is 95.8 cm³/mol. The Morgan fingerprint density at radius 1 is 1.40 bits per heavy atom. The number of unbranched alkanes of at least 4 members (excludes halogenated alkanes) is 1. The van der Waals surface area contributed by atoms with Crippen molar-refractivity contribution >= 4 is 39.0 Å². The van der Waals surface area contributed by atoms with Crippen LogP contribution in [-0.2, 0) is 0 Å². The first-order valence-electron chi connectivity index (χ1n) is 7.34. The molecule has 0 radical (unpaired) electrons. The van der Waals surface area contributed by atoms with Crippen molar-refractivity contribution in [2.45, 2.75) is 12.8 Å². The average molecular weight is 434 g/mol. The number of ether oxygens (including phenoxy) is 1. The zero-order valence-electron chi connectivity index (χ0n) is 13.3. The molecule has 0 bridgehead atoms. The maximum atomic E-state index is 13.6. The van der Waals surface area contributed by atoms with Crippen LogP contribution in [0.5, 0.6) is 5.75 Å². The van der Waals surface area contributed by atoms with Gasteiger partial charge in [0.2, 0.25) is 5.28 Å². The van der Waals surface area contributed by atoms with Crippen LogP contribution in [0.3, 0.4) is 0 Å². The van der Waals surface area contributed by atoms with Crippen molar-refractivity contribution < 1.29 is 14.1 Å². The maximum Gasteiger partial charge on any atom is 0.274 e. The van der Waals surface area contributed by atoms with E-state index in [4.69, 9.17) is 16.3 Å². The molecule has 0 aliphatic rings. The number of hydrogen-bond acceptors (Lipinski definition) is 6. The molecule has 0 aliphatic carbocycles. The summed E-state index contributed by atoms with van der Waals surface area (Å²) in [6.45, 7) is 0.931. The van der Waals surface area contributed by atoms with E-state index < -0.39 is 10.7 Å². The summed E-state index contributed by atoms with van der Waals surface area (Å²) in [4.78, 5) is 19.4. The molecule has 0 N–H and O–H groups in total. The Morgan fingerprint density at radius 3 is 2.88 bits per heavy atom. The molecule has 0 saturated carbocycles. The summed E-state index contributed by atoms with van der Waals surface area (Å²) in [7, 11) is 1.71. The maximum absolute atomic E-state index is 13.6. The molecule has 25 heavy (non-hydrogen) atoms. The lowest BCUT2D eigenvalue weighted by atomic mass is 10.3. The normalized spacial score (nSPS) is 10.6. The SMILES string of the molecule is CN(CCCCOc1cc(Br)cc([N+](=O)[O-])c1)c1nc(Cl)ncc1F. The van der Waals surface area contributed by atoms with Gasteiger partial charge in [0.05, 0.1) is 23.8 Å². The summed E-state index contributed by atoms with van der Waals surface area (Å²) >= 11 is 8.88. The van der Waals surface area contributed by atoms with Crippen molar-refractivity contribution in [2.24, 2.45) is 0 Å². The molecule has 0 atom stereocenters.